The number of methoxy groups -OCH3 is 1. The Hall–Kier alpha value is -1.75. The molecule has 0 saturated heterocycles. The van der Waals surface area contributed by atoms with Crippen molar-refractivity contribution in [2.24, 2.45) is 0 Å². The van der Waals surface area contributed by atoms with Crippen molar-refractivity contribution in [2.75, 3.05) is 20.3 Å². The summed E-state index contributed by atoms with van der Waals surface area (Å²) in [6, 6.07) is 5.87. The molecule has 0 saturated carbocycles. The summed E-state index contributed by atoms with van der Waals surface area (Å²) in [5.74, 6) is 1.51. The molecule has 1 aromatic carbocycles. The van der Waals surface area contributed by atoms with Crippen LogP contribution in [-0.4, -0.2) is 25.4 Å². The highest BCUT2D eigenvalue weighted by Crippen LogP contribution is 2.28. The first-order valence-electron chi connectivity index (χ1n) is 6.63. The number of benzene rings is 1. The predicted octanol–water partition coefficient (Wildman–Crippen LogP) is 2.63. The summed E-state index contributed by atoms with van der Waals surface area (Å²) in [5.41, 5.74) is 1.08. The largest absolute Gasteiger partial charge is 0.493 e. The fourth-order valence-electron chi connectivity index (χ4n) is 1.56. The van der Waals surface area contributed by atoms with Gasteiger partial charge in [0.25, 0.3) is 0 Å². The third-order valence-corrected chi connectivity index (χ3v) is 2.84. The van der Waals surface area contributed by atoms with E-state index in [-0.39, 0.29) is 0 Å². The Bertz CT molecular complexity index is 449. The van der Waals surface area contributed by atoms with Crippen LogP contribution in [-0.2, 0) is 6.54 Å². The Morgan fingerprint density at radius 3 is 2.80 bits per heavy atom. The summed E-state index contributed by atoms with van der Waals surface area (Å²) < 4.78 is 11.0. The van der Waals surface area contributed by atoms with E-state index in [4.69, 9.17) is 21.7 Å². The second-order valence-electron chi connectivity index (χ2n) is 4.19. The first-order chi connectivity index (χ1) is 9.71. The topological polar surface area (TPSA) is 42.5 Å². The van der Waals surface area contributed by atoms with Gasteiger partial charge in [0.2, 0.25) is 0 Å². The smallest absolute Gasteiger partial charge is 0.166 e. The summed E-state index contributed by atoms with van der Waals surface area (Å²) >= 11 is 5.14. The van der Waals surface area contributed by atoms with Gasteiger partial charge in [0, 0.05) is 13.1 Å². The molecule has 0 amide bonds. The van der Waals surface area contributed by atoms with E-state index in [1.54, 1.807) is 13.2 Å². The lowest BCUT2D eigenvalue weighted by Gasteiger charge is -2.13. The van der Waals surface area contributed by atoms with E-state index in [1.165, 1.54) is 0 Å². The molecule has 0 aromatic heterocycles. The molecule has 5 heteroatoms. The molecule has 0 aliphatic rings. The summed E-state index contributed by atoms with van der Waals surface area (Å²) in [6.45, 7) is 7.67. The van der Waals surface area contributed by atoms with E-state index in [0.29, 0.717) is 24.8 Å². The molecule has 0 aliphatic carbocycles. The van der Waals surface area contributed by atoms with Gasteiger partial charge in [-0.05, 0) is 36.3 Å². The zero-order chi connectivity index (χ0) is 14.8. The number of ether oxygens (including phenoxy) is 2. The van der Waals surface area contributed by atoms with Crippen molar-refractivity contribution in [1.29, 1.82) is 0 Å². The normalized spacial score (nSPS) is 9.70. The van der Waals surface area contributed by atoms with Crippen molar-refractivity contribution in [1.82, 2.24) is 10.6 Å². The molecule has 1 aromatic rings. The molecule has 2 N–H and O–H groups in total. The Morgan fingerprint density at radius 1 is 1.35 bits per heavy atom. The minimum atomic E-state index is 0.607. The van der Waals surface area contributed by atoms with E-state index in [2.05, 4.69) is 24.1 Å². The Kier molecular flexibility index (Phi) is 7.50. The number of hydrogen-bond acceptors (Lipinski definition) is 3. The van der Waals surface area contributed by atoms with Crippen LogP contribution in [0.2, 0.25) is 0 Å². The van der Waals surface area contributed by atoms with E-state index in [9.17, 15) is 0 Å². The van der Waals surface area contributed by atoms with Crippen molar-refractivity contribution >= 4 is 17.3 Å². The SMILES string of the molecule is C=CCNC(=S)NCc1ccc(OCCC)c(OC)c1. The van der Waals surface area contributed by atoms with Crippen LogP contribution in [0, 0.1) is 0 Å². The lowest BCUT2D eigenvalue weighted by Crippen LogP contribution is -2.34. The highest BCUT2D eigenvalue weighted by molar-refractivity contribution is 7.80. The minimum Gasteiger partial charge on any atom is -0.493 e. The first kappa shape index (κ1) is 16.3. The van der Waals surface area contributed by atoms with Crippen LogP contribution in [0.1, 0.15) is 18.9 Å². The van der Waals surface area contributed by atoms with E-state index < -0.39 is 0 Å². The summed E-state index contributed by atoms with van der Waals surface area (Å²) in [4.78, 5) is 0. The molecular weight excluding hydrogens is 272 g/mol. The lowest BCUT2D eigenvalue weighted by atomic mass is 10.2. The van der Waals surface area contributed by atoms with Crippen molar-refractivity contribution in [3.05, 3.63) is 36.4 Å². The third-order valence-electron chi connectivity index (χ3n) is 2.55. The molecule has 20 heavy (non-hydrogen) atoms. The van der Waals surface area contributed by atoms with Crippen LogP contribution in [0.3, 0.4) is 0 Å². The van der Waals surface area contributed by atoms with Crippen molar-refractivity contribution < 1.29 is 9.47 Å². The average Bonchev–Trinajstić information content (AvgIpc) is 2.49. The number of nitrogens with one attached hydrogen (secondary N) is 2. The standard InChI is InChI=1S/C15H22N2O2S/c1-4-8-16-15(20)17-11-12-6-7-13(19-9-5-2)14(10-12)18-3/h4,6-7,10H,1,5,8-9,11H2,2-3H3,(H2,16,17,20). The van der Waals surface area contributed by atoms with Crippen LogP contribution in [0.15, 0.2) is 30.9 Å². The van der Waals surface area contributed by atoms with Crippen molar-refractivity contribution in [3.63, 3.8) is 0 Å². The number of rotatable bonds is 8. The van der Waals surface area contributed by atoms with Crippen molar-refractivity contribution in [2.45, 2.75) is 19.9 Å². The number of thiocarbonyl (C=S) groups is 1. The maximum Gasteiger partial charge on any atom is 0.166 e. The van der Waals surface area contributed by atoms with Gasteiger partial charge in [-0.1, -0.05) is 19.1 Å². The molecule has 0 aliphatic heterocycles. The van der Waals surface area contributed by atoms with E-state index >= 15 is 0 Å². The lowest BCUT2D eigenvalue weighted by molar-refractivity contribution is 0.294. The maximum atomic E-state index is 5.62. The highest BCUT2D eigenvalue weighted by atomic mass is 32.1. The number of hydrogen-bond donors (Lipinski definition) is 2. The fraction of sp³-hybridized carbons (Fsp3) is 0.400. The monoisotopic (exact) mass is 294 g/mol. The molecule has 0 spiro atoms. The summed E-state index contributed by atoms with van der Waals surface area (Å²) in [7, 11) is 1.64. The Morgan fingerprint density at radius 2 is 2.15 bits per heavy atom. The van der Waals surface area contributed by atoms with Crippen LogP contribution < -0.4 is 20.1 Å². The molecule has 1 rings (SSSR count). The zero-order valence-corrected chi connectivity index (χ0v) is 12.9. The minimum absolute atomic E-state index is 0.607. The molecule has 0 bridgehead atoms. The fourth-order valence-corrected chi connectivity index (χ4v) is 1.72. The van der Waals surface area contributed by atoms with Crippen LogP contribution >= 0.6 is 12.2 Å². The zero-order valence-electron chi connectivity index (χ0n) is 12.1. The Labute approximate surface area is 126 Å². The maximum absolute atomic E-state index is 5.62. The van der Waals surface area contributed by atoms with Gasteiger partial charge in [-0.25, -0.2) is 0 Å². The van der Waals surface area contributed by atoms with Gasteiger partial charge in [0.15, 0.2) is 16.6 Å². The van der Waals surface area contributed by atoms with E-state index in [1.807, 2.05) is 18.2 Å². The second kappa shape index (κ2) is 9.20. The molecule has 4 nitrogen and oxygen atoms in total. The first-order valence-corrected chi connectivity index (χ1v) is 7.04. The molecule has 0 heterocycles. The van der Waals surface area contributed by atoms with Crippen LogP contribution in [0.4, 0.5) is 0 Å². The highest BCUT2D eigenvalue weighted by Gasteiger charge is 2.05. The second-order valence-corrected chi connectivity index (χ2v) is 4.59. The van der Waals surface area contributed by atoms with Crippen LogP contribution in [0.5, 0.6) is 11.5 Å². The molecular formula is C15H22N2O2S. The van der Waals surface area contributed by atoms with Gasteiger partial charge in [0.1, 0.15) is 0 Å². The third kappa shape index (κ3) is 5.48. The summed E-state index contributed by atoms with van der Waals surface area (Å²) in [6.07, 6.45) is 2.73. The van der Waals surface area contributed by atoms with E-state index in [0.717, 1.165) is 23.5 Å². The molecule has 0 radical (unpaired) electrons. The summed E-state index contributed by atoms with van der Waals surface area (Å²) in [5, 5.41) is 6.75. The average molecular weight is 294 g/mol. The predicted molar refractivity (Wildman–Crippen MR) is 86.4 cm³/mol. The van der Waals surface area contributed by atoms with Gasteiger partial charge in [-0.2, -0.15) is 0 Å². The van der Waals surface area contributed by atoms with Gasteiger partial charge in [-0.3, -0.25) is 0 Å². The van der Waals surface area contributed by atoms with Gasteiger partial charge in [0.05, 0.1) is 13.7 Å². The Balaban J connectivity index is 2.58. The van der Waals surface area contributed by atoms with Gasteiger partial charge < -0.3 is 20.1 Å². The van der Waals surface area contributed by atoms with Gasteiger partial charge >= 0.3 is 0 Å². The quantitative estimate of drug-likeness (QED) is 0.570. The molecule has 110 valence electrons. The van der Waals surface area contributed by atoms with Crippen molar-refractivity contribution in [3.8, 4) is 11.5 Å². The molecule has 0 unspecified atom stereocenters. The van der Waals surface area contributed by atoms with Crippen LogP contribution in [0.25, 0.3) is 0 Å². The molecule has 0 atom stereocenters. The van der Waals surface area contributed by atoms with Gasteiger partial charge in [-0.15, -0.1) is 6.58 Å². The molecule has 0 fully saturated rings.